The van der Waals surface area contributed by atoms with E-state index in [0.717, 1.165) is 5.56 Å². The number of rotatable bonds is 4. The van der Waals surface area contributed by atoms with Crippen molar-refractivity contribution >= 4 is 11.7 Å². The molecule has 0 spiro atoms. The Morgan fingerprint density at radius 1 is 1.41 bits per heavy atom. The van der Waals surface area contributed by atoms with Gasteiger partial charge in [-0.2, -0.15) is 0 Å². The van der Waals surface area contributed by atoms with Crippen LogP contribution in [0.15, 0.2) is 12.1 Å². The fourth-order valence-corrected chi connectivity index (χ4v) is 1.54. The Bertz CT molecular complexity index is 454. The number of benzene rings is 1. The van der Waals surface area contributed by atoms with E-state index in [0.29, 0.717) is 24.2 Å². The average molecular weight is 237 g/mol. The Labute approximate surface area is 99.5 Å². The summed E-state index contributed by atoms with van der Waals surface area (Å²) >= 11 is 0. The van der Waals surface area contributed by atoms with Crippen LogP contribution in [0.2, 0.25) is 0 Å². The molecule has 0 heterocycles. The van der Waals surface area contributed by atoms with Gasteiger partial charge >= 0.3 is 5.97 Å². The molecule has 0 atom stereocenters. The van der Waals surface area contributed by atoms with Crippen LogP contribution in [0.25, 0.3) is 0 Å². The zero-order valence-electron chi connectivity index (χ0n) is 10.1. The van der Waals surface area contributed by atoms with Crippen molar-refractivity contribution < 1.29 is 14.5 Å². The van der Waals surface area contributed by atoms with Crippen molar-refractivity contribution in [2.24, 2.45) is 0 Å². The van der Waals surface area contributed by atoms with Gasteiger partial charge in [-0.25, -0.2) is 0 Å². The Morgan fingerprint density at radius 3 is 2.59 bits per heavy atom. The first-order valence-corrected chi connectivity index (χ1v) is 5.42. The molecule has 0 fully saturated rings. The van der Waals surface area contributed by atoms with Crippen LogP contribution in [0.5, 0.6) is 5.75 Å². The molecule has 92 valence electrons. The minimum Gasteiger partial charge on any atom is -0.426 e. The smallest absolute Gasteiger partial charge is 0.311 e. The first-order chi connectivity index (χ1) is 7.97. The van der Waals surface area contributed by atoms with E-state index in [1.165, 1.54) is 6.07 Å². The Morgan fingerprint density at radius 2 is 2.06 bits per heavy atom. The Hall–Kier alpha value is -1.91. The SMILES string of the molecule is CCCC(=O)Oc1c(C)ccc([N+](=O)[O-])c1C. The van der Waals surface area contributed by atoms with Gasteiger partial charge in [-0.05, 0) is 31.9 Å². The summed E-state index contributed by atoms with van der Waals surface area (Å²) in [5, 5.41) is 10.8. The van der Waals surface area contributed by atoms with Gasteiger partial charge in [0.15, 0.2) is 0 Å². The van der Waals surface area contributed by atoms with Crippen molar-refractivity contribution in [3.63, 3.8) is 0 Å². The zero-order chi connectivity index (χ0) is 13.0. The predicted molar refractivity (Wildman–Crippen MR) is 63.1 cm³/mol. The molecule has 0 saturated carbocycles. The summed E-state index contributed by atoms with van der Waals surface area (Å²) in [4.78, 5) is 21.7. The molecule has 0 amide bonds. The fourth-order valence-electron chi connectivity index (χ4n) is 1.54. The van der Waals surface area contributed by atoms with Crippen molar-refractivity contribution in [1.29, 1.82) is 0 Å². The first kappa shape index (κ1) is 13.2. The highest BCUT2D eigenvalue weighted by molar-refractivity contribution is 5.74. The van der Waals surface area contributed by atoms with Crippen LogP contribution in [0.3, 0.4) is 0 Å². The maximum Gasteiger partial charge on any atom is 0.311 e. The minimum absolute atomic E-state index is 0.0325. The van der Waals surface area contributed by atoms with E-state index in [-0.39, 0.29) is 11.7 Å². The monoisotopic (exact) mass is 237 g/mol. The van der Waals surface area contributed by atoms with E-state index in [4.69, 9.17) is 4.74 Å². The zero-order valence-corrected chi connectivity index (χ0v) is 10.1. The molecule has 0 aliphatic rings. The molecule has 0 bridgehead atoms. The lowest BCUT2D eigenvalue weighted by Crippen LogP contribution is -2.09. The molecule has 5 nitrogen and oxygen atoms in total. The quantitative estimate of drug-likeness (QED) is 0.349. The normalized spacial score (nSPS) is 10.1. The van der Waals surface area contributed by atoms with Gasteiger partial charge in [-0.1, -0.05) is 6.92 Å². The minimum atomic E-state index is -0.480. The van der Waals surface area contributed by atoms with Gasteiger partial charge < -0.3 is 4.74 Å². The second-order valence-corrected chi connectivity index (χ2v) is 3.84. The van der Waals surface area contributed by atoms with Crippen LogP contribution >= 0.6 is 0 Å². The van der Waals surface area contributed by atoms with Crippen LogP contribution in [-0.4, -0.2) is 10.9 Å². The molecule has 0 aliphatic carbocycles. The average Bonchev–Trinajstić information content (AvgIpc) is 2.24. The van der Waals surface area contributed by atoms with Gasteiger partial charge in [0.05, 0.1) is 10.5 Å². The standard InChI is InChI=1S/C12H15NO4/c1-4-5-11(14)17-12-8(2)6-7-10(9(12)3)13(15)16/h6-7H,4-5H2,1-3H3. The summed E-state index contributed by atoms with van der Waals surface area (Å²) in [7, 11) is 0. The number of hydrogen-bond donors (Lipinski definition) is 0. The summed E-state index contributed by atoms with van der Waals surface area (Å²) in [5.74, 6) is -0.0585. The number of carbonyl (C=O) groups is 1. The van der Waals surface area contributed by atoms with Gasteiger partial charge in [-0.3, -0.25) is 14.9 Å². The van der Waals surface area contributed by atoms with E-state index in [1.54, 1.807) is 19.9 Å². The number of nitro groups is 1. The molecule has 0 radical (unpaired) electrons. The maximum absolute atomic E-state index is 11.4. The lowest BCUT2D eigenvalue weighted by molar-refractivity contribution is -0.385. The Balaban J connectivity index is 3.09. The molecular formula is C12H15NO4. The molecule has 0 aromatic heterocycles. The molecule has 1 rings (SSSR count). The first-order valence-electron chi connectivity index (χ1n) is 5.42. The number of nitro benzene ring substituents is 1. The largest absolute Gasteiger partial charge is 0.426 e. The fraction of sp³-hybridized carbons (Fsp3) is 0.417. The van der Waals surface area contributed by atoms with E-state index in [1.807, 2.05) is 6.92 Å². The van der Waals surface area contributed by atoms with Gasteiger partial charge in [0.2, 0.25) is 0 Å². The predicted octanol–water partition coefficient (Wildman–Crippen LogP) is 2.92. The number of aryl methyl sites for hydroxylation is 1. The summed E-state index contributed by atoms with van der Waals surface area (Å²) in [6, 6.07) is 3.00. The highest BCUT2D eigenvalue weighted by atomic mass is 16.6. The molecule has 1 aromatic carbocycles. The van der Waals surface area contributed by atoms with Crippen molar-refractivity contribution in [1.82, 2.24) is 0 Å². The van der Waals surface area contributed by atoms with Gasteiger partial charge in [0.25, 0.3) is 5.69 Å². The second kappa shape index (κ2) is 5.43. The number of esters is 1. The van der Waals surface area contributed by atoms with E-state index in [2.05, 4.69) is 0 Å². The van der Waals surface area contributed by atoms with Gasteiger partial charge in [0, 0.05) is 12.5 Å². The molecule has 0 saturated heterocycles. The van der Waals surface area contributed by atoms with E-state index < -0.39 is 4.92 Å². The highest BCUT2D eigenvalue weighted by Gasteiger charge is 2.18. The highest BCUT2D eigenvalue weighted by Crippen LogP contribution is 2.31. The molecule has 0 unspecified atom stereocenters. The summed E-state index contributed by atoms with van der Waals surface area (Å²) in [6.07, 6.45) is 0.993. The number of ether oxygens (including phenoxy) is 1. The van der Waals surface area contributed by atoms with E-state index >= 15 is 0 Å². The Kier molecular flexibility index (Phi) is 4.20. The molecule has 17 heavy (non-hydrogen) atoms. The van der Waals surface area contributed by atoms with Crippen LogP contribution < -0.4 is 4.74 Å². The lowest BCUT2D eigenvalue weighted by atomic mass is 10.1. The lowest BCUT2D eigenvalue weighted by Gasteiger charge is -2.10. The van der Waals surface area contributed by atoms with Crippen LogP contribution in [0.4, 0.5) is 5.69 Å². The van der Waals surface area contributed by atoms with Crippen LogP contribution in [0, 0.1) is 24.0 Å². The summed E-state index contributed by atoms with van der Waals surface area (Å²) < 4.78 is 5.16. The third-order valence-electron chi connectivity index (χ3n) is 2.44. The number of nitrogens with zero attached hydrogens (tertiary/aromatic N) is 1. The van der Waals surface area contributed by atoms with Gasteiger partial charge in [-0.15, -0.1) is 0 Å². The van der Waals surface area contributed by atoms with Crippen LogP contribution in [0.1, 0.15) is 30.9 Å². The van der Waals surface area contributed by atoms with Gasteiger partial charge in [0.1, 0.15) is 5.75 Å². The number of carbonyl (C=O) groups excluding carboxylic acids is 1. The molecule has 0 N–H and O–H groups in total. The van der Waals surface area contributed by atoms with Crippen LogP contribution in [-0.2, 0) is 4.79 Å². The van der Waals surface area contributed by atoms with Crippen molar-refractivity contribution in [3.8, 4) is 5.75 Å². The van der Waals surface area contributed by atoms with Crippen molar-refractivity contribution in [2.75, 3.05) is 0 Å². The second-order valence-electron chi connectivity index (χ2n) is 3.84. The molecule has 0 aliphatic heterocycles. The summed E-state index contributed by atoms with van der Waals surface area (Å²) in [5.41, 5.74) is 1.08. The third kappa shape index (κ3) is 3.03. The van der Waals surface area contributed by atoms with E-state index in [9.17, 15) is 14.9 Å². The van der Waals surface area contributed by atoms with Crippen molar-refractivity contribution in [2.45, 2.75) is 33.6 Å². The number of hydrogen-bond acceptors (Lipinski definition) is 4. The topological polar surface area (TPSA) is 69.4 Å². The van der Waals surface area contributed by atoms with Crippen molar-refractivity contribution in [3.05, 3.63) is 33.4 Å². The molecule has 5 heteroatoms. The maximum atomic E-state index is 11.4. The molecular weight excluding hydrogens is 222 g/mol. The third-order valence-corrected chi connectivity index (χ3v) is 2.44. The molecule has 1 aromatic rings. The summed E-state index contributed by atoms with van der Waals surface area (Å²) in [6.45, 7) is 5.21.